The molecule has 4 heteroatoms. The minimum absolute atomic E-state index is 0.204. The van der Waals surface area contributed by atoms with Crippen LogP contribution in [0.15, 0.2) is 36.4 Å². The highest BCUT2D eigenvalue weighted by Gasteiger charge is 2.13. The van der Waals surface area contributed by atoms with Gasteiger partial charge in [-0.2, -0.15) is 0 Å². The monoisotopic (exact) mass is 324 g/mol. The van der Waals surface area contributed by atoms with Crippen molar-refractivity contribution in [3.63, 3.8) is 0 Å². The zero-order chi connectivity index (χ0) is 17.7. The van der Waals surface area contributed by atoms with E-state index in [2.05, 4.69) is 10.6 Å². The molecule has 0 aliphatic heterocycles. The van der Waals surface area contributed by atoms with Gasteiger partial charge in [0.25, 0.3) is 0 Å². The molecule has 0 spiro atoms. The number of nitrogens with one attached hydrogen (secondary N) is 2. The molecular formula is C20H24N2O2. The van der Waals surface area contributed by atoms with Gasteiger partial charge in [-0.1, -0.05) is 42.8 Å². The minimum Gasteiger partial charge on any atom is -0.325 e. The van der Waals surface area contributed by atoms with Crippen LogP contribution in [0.4, 0.5) is 11.4 Å². The van der Waals surface area contributed by atoms with E-state index in [1.807, 2.05) is 64.1 Å². The molecule has 0 atom stereocenters. The maximum atomic E-state index is 12.2. The molecule has 0 fully saturated rings. The Kier molecular flexibility index (Phi) is 5.74. The first-order valence-electron chi connectivity index (χ1n) is 8.16. The summed E-state index contributed by atoms with van der Waals surface area (Å²) in [5.41, 5.74) is 5.73. The number of hydrogen-bond acceptors (Lipinski definition) is 2. The van der Waals surface area contributed by atoms with Crippen LogP contribution in [-0.4, -0.2) is 11.8 Å². The summed E-state index contributed by atoms with van der Waals surface area (Å²) in [6, 6.07) is 11.7. The van der Waals surface area contributed by atoms with Gasteiger partial charge in [0.1, 0.15) is 6.42 Å². The molecule has 0 bridgehead atoms. The average molecular weight is 324 g/mol. The van der Waals surface area contributed by atoms with E-state index in [0.29, 0.717) is 0 Å². The van der Waals surface area contributed by atoms with Crippen molar-refractivity contribution in [2.75, 3.05) is 10.6 Å². The Hall–Kier alpha value is -2.62. The van der Waals surface area contributed by atoms with Crippen molar-refractivity contribution in [3.05, 3.63) is 58.7 Å². The van der Waals surface area contributed by atoms with Gasteiger partial charge in [0, 0.05) is 11.4 Å². The lowest BCUT2D eigenvalue weighted by Gasteiger charge is -2.13. The summed E-state index contributed by atoms with van der Waals surface area (Å²) in [5.74, 6) is -0.618. The van der Waals surface area contributed by atoms with Crippen LogP contribution in [0, 0.1) is 20.8 Å². The Morgan fingerprint density at radius 1 is 0.917 bits per heavy atom. The van der Waals surface area contributed by atoms with Gasteiger partial charge in [-0.15, -0.1) is 0 Å². The first kappa shape index (κ1) is 17.7. The highest BCUT2D eigenvalue weighted by Crippen LogP contribution is 2.21. The number of aryl methyl sites for hydroxylation is 4. The third-order valence-electron chi connectivity index (χ3n) is 3.98. The maximum Gasteiger partial charge on any atom is 0.233 e. The van der Waals surface area contributed by atoms with Gasteiger partial charge in [-0.05, 0) is 49.9 Å². The molecule has 0 aliphatic carbocycles. The van der Waals surface area contributed by atoms with E-state index in [1.165, 1.54) is 0 Å². The molecule has 2 amide bonds. The maximum absolute atomic E-state index is 12.2. The van der Waals surface area contributed by atoms with Crippen LogP contribution in [0.3, 0.4) is 0 Å². The van der Waals surface area contributed by atoms with Crippen LogP contribution in [0.25, 0.3) is 0 Å². The summed E-state index contributed by atoms with van der Waals surface area (Å²) in [5, 5.41) is 5.67. The normalized spacial score (nSPS) is 10.3. The van der Waals surface area contributed by atoms with E-state index in [1.54, 1.807) is 0 Å². The molecule has 0 aromatic heterocycles. The van der Waals surface area contributed by atoms with Crippen molar-refractivity contribution in [1.29, 1.82) is 0 Å². The number of anilines is 2. The van der Waals surface area contributed by atoms with E-state index < -0.39 is 0 Å². The first-order valence-corrected chi connectivity index (χ1v) is 8.16. The van der Waals surface area contributed by atoms with Crippen molar-refractivity contribution in [3.8, 4) is 0 Å². The fourth-order valence-corrected chi connectivity index (χ4v) is 2.68. The summed E-state index contributed by atoms with van der Waals surface area (Å²) in [6.07, 6.45) is 0.622. The Morgan fingerprint density at radius 3 is 2.29 bits per heavy atom. The number of rotatable bonds is 5. The summed E-state index contributed by atoms with van der Waals surface area (Å²) in [6.45, 7) is 7.92. The lowest BCUT2D eigenvalue weighted by Crippen LogP contribution is -2.22. The third-order valence-corrected chi connectivity index (χ3v) is 3.98. The van der Waals surface area contributed by atoms with E-state index in [-0.39, 0.29) is 18.2 Å². The quantitative estimate of drug-likeness (QED) is 0.812. The van der Waals surface area contributed by atoms with E-state index in [0.717, 1.165) is 40.0 Å². The molecule has 2 aromatic rings. The van der Waals surface area contributed by atoms with Crippen molar-refractivity contribution < 1.29 is 9.59 Å². The van der Waals surface area contributed by atoms with Crippen LogP contribution >= 0.6 is 0 Å². The number of benzene rings is 2. The van der Waals surface area contributed by atoms with Gasteiger partial charge in [-0.25, -0.2) is 0 Å². The van der Waals surface area contributed by atoms with Gasteiger partial charge in [0.05, 0.1) is 0 Å². The molecule has 0 unspecified atom stereocenters. The zero-order valence-electron chi connectivity index (χ0n) is 14.7. The van der Waals surface area contributed by atoms with Crippen molar-refractivity contribution in [2.45, 2.75) is 40.5 Å². The molecule has 126 valence electrons. The molecule has 2 aromatic carbocycles. The molecule has 0 aliphatic rings. The van der Waals surface area contributed by atoms with Gasteiger partial charge in [-0.3, -0.25) is 9.59 Å². The lowest BCUT2D eigenvalue weighted by atomic mass is 10.1. The van der Waals surface area contributed by atoms with Crippen LogP contribution in [0.1, 0.15) is 35.6 Å². The highest BCUT2D eigenvalue weighted by atomic mass is 16.2. The second-order valence-electron chi connectivity index (χ2n) is 6.05. The van der Waals surface area contributed by atoms with Crippen LogP contribution in [-0.2, 0) is 16.0 Å². The Balaban J connectivity index is 2.01. The van der Waals surface area contributed by atoms with Gasteiger partial charge in [0.15, 0.2) is 0 Å². The molecule has 0 saturated carbocycles. The van der Waals surface area contributed by atoms with Gasteiger partial charge in [0.2, 0.25) is 11.8 Å². The van der Waals surface area contributed by atoms with Crippen LogP contribution in [0.2, 0.25) is 0 Å². The van der Waals surface area contributed by atoms with E-state index in [9.17, 15) is 9.59 Å². The van der Waals surface area contributed by atoms with Crippen molar-refractivity contribution >= 4 is 23.2 Å². The van der Waals surface area contributed by atoms with Crippen molar-refractivity contribution in [1.82, 2.24) is 0 Å². The Labute approximate surface area is 143 Å². The molecule has 24 heavy (non-hydrogen) atoms. The Bertz CT molecular complexity index is 766. The SMILES string of the molecule is CCc1cccc(C)c1NC(=O)CC(=O)Nc1ccc(C)cc1C. The van der Waals surface area contributed by atoms with Gasteiger partial charge >= 0.3 is 0 Å². The van der Waals surface area contributed by atoms with Crippen LogP contribution in [0.5, 0.6) is 0 Å². The lowest BCUT2D eigenvalue weighted by molar-refractivity contribution is -0.123. The number of carbonyl (C=O) groups excluding carboxylic acids is 2. The molecule has 0 saturated heterocycles. The summed E-state index contributed by atoms with van der Waals surface area (Å²) < 4.78 is 0. The molecular weight excluding hydrogens is 300 g/mol. The molecule has 0 heterocycles. The van der Waals surface area contributed by atoms with Crippen LogP contribution < -0.4 is 10.6 Å². The summed E-state index contributed by atoms with van der Waals surface area (Å²) in [7, 11) is 0. The van der Waals surface area contributed by atoms with Crippen molar-refractivity contribution in [2.24, 2.45) is 0 Å². The second-order valence-corrected chi connectivity index (χ2v) is 6.05. The zero-order valence-corrected chi connectivity index (χ0v) is 14.7. The number of amides is 2. The van der Waals surface area contributed by atoms with E-state index in [4.69, 9.17) is 0 Å². The molecule has 2 N–H and O–H groups in total. The third kappa shape index (κ3) is 4.44. The fourth-order valence-electron chi connectivity index (χ4n) is 2.68. The van der Waals surface area contributed by atoms with Gasteiger partial charge < -0.3 is 10.6 Å². The second kappa shape index (κ2) is 7.77. The molecule has 0 radical (unpaired) electrons. The number of hydrogen-bond donors (Lipinski definition) is 2. The largest absolute Gasteiger partial charge is 0.325 e. The number of carbonyl (C=O) groups is 2. The smallest absolute Gasteiger partial charge is 0.233 e. The predicted molar refractivity (Wildman–Crippen MR) is 98.3 cm³/mol. The molecule has 4 nitrogen and oxygen atoms in total. The highest BCUT2D eigenvalue weighted by molar-refractivity contribution is 6.08. The Morgan fingerprint density at radius 2 is 1.62 bits per heavy atom. The number of para-hydroxylation sites is 1. The van der Waals surface area contributed by atoms with E-state index >= 15 is 0 Å². The summed E-state index contributed by atoms with van der Waals surface area (Å²) in [4.78, 5) is 24.3. The fraction of sp³-hybridized carbons (Fsp3) is 0.300. The summed E-state index contributed by atoms with van der Waals surface area (Å²) >= 11 is 0. The topological polar surface area (TPSA) is 58.2 Å². The predicted octanol–water partition coefficient (Wildman–Crippen LogP) is 4.14. The standard InChI is InChI=1S/C20H24N2O2/c1-5-16-8-6-7-14(3)20(16)22-19(24)12-18(23)21-17-10-9-13(2)11-15(17)4/h6-11H,5,12H2,1-4H3,(H,21,23)(H,22,24). The minimum atomic E-state index is -0.314. The first-order chi connectivity index (χ1) is 11.4. The average Bonchev–Trinajstić information content (AvgIpc) is 2.52. The molecule has 2 rings (SSSR count).